The van der Waals surface area contributed by atoms with Gasteiger partial charge in [-0.25, -0.2) is 9.97 Å². The van der Waals surface area contributed by atoms with Crippen molar-refractivity contribution in [1.82, 2.24) is 9.97 Å². The second-order valence-corrected chi connectivity index (χ2v) is 3.11. The summed E-state index contributed by atoms with van der Waals surface area (Å²) in [6.45, 7) is 0. The third-order valence-electron chi connectivity index (χ3n) is 2.21. The van der Waals surface area contributed by atoms with E-state index < -0.39 is 0 Å². The van der Waals surface area contributed by atoms with Gasteiger partial charge in [0.15, 0.2) is 12.1 Å². The van der Waals surface area contributed by atoms with E-state index in [4.69, 9.17) is 4.74 Å². The van der Waals surface area contributed by atoms with Crippen molar-refractivity contribution in [1.29, 1.82) is 0 Å². The number of carbonyl (C=O) groups excluding carboxylic acids is 1. The zero-order valence-electron chi connectivity index (χ0n) is 8.75. The van der Waals surface area contributed by atoms with E-state index in [0.717, 1.165) is 6.29 Å². The Labute approximate surface area is 92.9 Å². The number of ether oxygens (including phenoxy) is 1. The molecular weight excluding hydrogens is 204 g/mol. The van der Waals surface area contributed by atoms with Crippen molar-refractivity contribution in [2.45, 2.75) is 0 Å². The highest BCUT2D eigenvalue weighted by atomic mass is 16.5. The van der Waals surface area contributed by atoms with Gasteiger partial charge in [-0.3, -0.25) is 4.79 Å². The summed E-state index contributed by atoms with van der Waals surface area (Å²) in [6.07, 6.45) is 4.03. The number of methoxy groups -OCH3 is 1. The second kappa shape index (κ2) is 4.53. The largest absolute Gasteiger partial charge is 0.496 e. The molecule has 0 saturated carbocycles. The molecule has 4 heteroatoms. The first-order chi connectivity index (χ1) is 7.86. The van der Waals surface area contributed by atoms with Crippen LogP contribution >= 0.6 is 0 Å². The molecule has 0 radical (unpaired) electrons. The van der Waals surface area contributed by atoms with Gasteiger partial charge >= 0.3 is 0 Å². The SMILES string of the molecule is COc1cccc(-c2ncccn2)c1C=O. The van der Waals surface area contributed by atoms with Gasteiger partial charge in [0.05, 0.1) is 12.7 Å². The first-order valence-corrected chi connectivity index (χ1v) is 4.76. The average molecular weight is 214 g/mol. The molecule has 1 aromatic carbocycles. The molecule has 0 amide bonds. The molecule has 0 saturated heterocycles. The Balaban J connectivity index is 2.61. The molecule has 0 spiro atoms. The Bertz CT molecular complexity index is 498. The van der Waals surface area contributed by atoms with Gasteiger partial charge in [-0.15, -0.1) is 0 Å². The lowest BCUT2D eigenvalue weighted by Gasteiger charge is -2.07. The maximum absolute atomic E-state index is 11.0. The first-order valence-electron chi connectivity index (χ1n) is 4.76. The van der Waals surface area contributed by atoms with E-state index in [9.17, 15) is 4.79 Å². The van der Waals surface area contributed by atoms with Crippen LogP contribution in [0.15, 0.2) is 36.7 Å². The average Bonchev–Trinajstić information content (AvgIpc) is 2.38. The molecule has 1 aromatic heterocycles. The van der Waals surface area contributed by atoms with Gasteiger partial charge in [-0.2, -0.15) is 0 Å². The van der Waals surface area contributed by atoms with Crippen molar-refractivity contribution in [3.63, 3.8) is 0 Å². The van der Waals surface area contributed by atoms with E-state index in [1.807, 2.05) is 0 Å². The van der Waals surface area contributed by atoms with E-state index in [0.29, 0.717) is 22.7 Å². The Morgan fingerprint density at radius 1 is 1.19 bits per heavy atom. The summed E-state index contributed by atoms with van der Waals surface area (Å²) in [7, 11) is 1.53. The predicted molar refractivity (Wildman–Crippen MR) is 59.4 cm³/mol. The van der Waals surface area contributed by atoms with Crippen molar-refractivity contribution < 1.29 is 9.53 Å². The number of carbonyl (C=O) groups is 1. The van der Waals surface area contributed by atoms with E-state index in [2.05, 4.69) is 9.97 Å². The third-order valence-corrected chi connectivity index (χ3v) is 2.21. The Morgan fingerprint density at radius 2 is 1.94 bits per heavy atom. The summed E-state index contributed by atoms with van der Waals surface area (Å²) in [4.78, 5) is 19.3. The molecule has 0 unspecified atom stereocenters. The van der Waals surface area contributed by atoms with E-state index in [1.165, 1.54) is 7.11 Å². The molecule has 0 aliphatic carbocycles. The van der Waals surface area contributed by atoms with Crippen LogP contribution in [0.4, 0.5) is 0 Å². The van der Waals surface area contributed by atoms with Gasteiger partial charge in [0, 0.05) is 18.0 Å². The van der Waals surface area contributed by atoms with E-state index in [1.54, 1.807) is 36.7 Å². The smallest absolute Gasteiger partial charge is 0.159 e. The van der Waals surface area contributed by atoms with Crippen LogP contribution in [0, 0.1) is 0 Å². The van der Waals surface area contributed by atoms with Crippen LogP contribution in [0.3, 0.4) is 0 Å². The number of nitrogens with zero attached hydrogens (tertiary/aromatic N) is 2. The number of benzene rings is 1. The van der Waals surface area contributed by atoms with Gasteiger partial charge in [0.1, 0.15) is 5.75 Å². The van der Waals surface area contributed by atoms with Gasteiger partial charge in [0.2, 0.25) is 0 Å². The number of aromatic nitrogens is 2. The molecular formula is C12H10N2O2. The number of hydrogen-bond acceptors (Lipinski definition) is 4. The highest BCUT2D eigenvalue weighted by molar-refractivity contribution is 5.89. The Kier molecular flexibility index (Phi) is 2.91. The van der Waals surface area contributed by atoms with Crippen LogP contribution in [-0.4, -0.2) is 23.4 Å². The lowest BCUT2D eigenvalue weighted by molar-refractivity contribution is 0.112. The number of rotatable bonds is 3. The topological polar surface area (TPSA) is 52.1 Å². The fourth-order valence-electron chi connectivity index (χ4n) is 1.48. The Hall–Kier alpha value is -2.23. The zero-order valence-corrected chi connectivity index (χ0v) is 8.75. The molecule has 0 aliphatic rings. The number of aldehydes is 1. The molecule has 0 N–H and O–H groups in total. The third kappa shape index (κ3) is 1.77. The fourth-order valence-corrected chi connectivity index (χ4v) is 1.48. The standard InChI is InChI=1S/C12H10N2O2/c1-16-11-5-2-4-9(10(11)8-15)12-13-6-3-7-14-12/h2-8H,1H3. The van der Waals surface area contributed by atoms with Crippen LogP contribution in [0.25, 0.3) is 11.4 Å². The van der Waals surface area contributed by atoms with Crippen LogP contribution in [0.5, 0.6) is 5.75 Å². The van der Waals surface area contributed by atoms with Crippen LogP contribution < -0.4 is 4.74 Å². The van der Waals surface area contributed by atoms with Crippen molar-refractivity contribution in [2.24, 2.45) is 0 Å². The first kappa shape index (κ1) is 10.3. The molecule has 0 atom stereocenters. The second-order valence-electron chi connectivity index (χ2n) is 3.11. The van der Waals surface area contributed by atoms with E-state index in [-0.39, 0.29) is 0 Å². The van der Waals surface area contributed by atoms with Crippen LogP contribution in [0.1, 0.15) is 10.4 Å². The molecule has 1 heterocycles. The van der Waals surface area contributed by atoms with Crippen LogP contribution in [0.2, 0.25) is 0 Å². The molecule has 2 rings (SSSR count). The summed E-state index contributed by atoms with van der Waals surface area (Å²) in [5, 5.41) is 0. The summed E-state index contributed by atoms with van der Waals surface area (Å²) in [6, 6.07) is 7.06. The molecule has 0 aliphatic heterocycles. The van der Waals surface area contributed by atoms with Gasteiger partial charge in [-0.1, -0.05) is 12.1 Å². The Morgan fingerprint density at radius 3 is 2.56 bits per heavy atom. The normalized spacial score (nSPS) is 9.81. The molecule has 80 valence electrons. The molecule has 0 bridgehead atoms. The molecule has 0 fully saturated rings. The van der Waals surface area contributed by atoms with Gasteiger partial charge in [-0.05, 0) is 12.1 Å². The monoisotopic (exact) mass is 214 g/mol. The number of hydrogen-bond donors (Lipinski definition) is 0. The quantitative estimate of drug-likeness (QED) is 0.733. The van der Waals surface area contributed by atoms with Gasteiger partial charge < -0.3 is 4.74 Å². The highest BCUT2D eigenvalue weighted by Gasteiger charge is 2.11. The summed E-state index contributed by atoms with van der Waals surface area (Å²) in [5.41, 5.74) is 1.14. The molecule has 4 nitrogen and oxygen atoms in total. The molecule has 16 heavy (non-hydrogen) atoms. The predicted octanol–water partition coefficient (Wildman–Crippen LogP) is 1.96. The van der Waals surface area contributed by atoms with Crippen LogP contribution in [-0.2, 0) is 0 Å². The summed E-state index contributed by atoms with van der Waals surface area (Å²) < 4.78 is 5.11. The fraction of sp³-hybridized carbons (Fsp3) is 0.0833. The minimum absolute atomic E-state index is 0.469. The van der Waals surface area contributed by atoms with Crippen molar-refractivity contribution >= 4 is 6.29 Å². The summed E-state index contributed by atoms with van der Waals surface area (Å²) >= 11 is 0. The van der Waals surface area contributed by atoms with Crippen molar-refractivity contribution in [3.8, 4) is 17.1 Å². The maximum atomic E-state index is 11.0. The lowest BCUT2D eigenvalue weighted by Crippen LogP contribution is -1.96. The van der Waals surface area contributed by atoms with E-state index >= 15 is 0 Å². The summed E-state index contributed by atoms with van der Waals surface area (Å²) in [5.74, 6) is 1.04. The molecule has 2 aromatic rings. The highest BCUT2D eigenvalue weighted by Crippen LogP contribution is 2.26. The minimum atomic E-state index is 0.469. The van der Waals surface area contributed by atoms with Gasteiger partial charge in [0.25, 0.3) is 0 Å². The maximum Gasteiger partial charge on any atom is 0.159 e. The minimum Gasteiger partial charge on any atom is -0.496 e. The zero-order chi connectivity index (χ0) is 11.4. The lowest BCUT2D eigenvalue weighted by atomic mass is 10.1. The van der Waals surface area contributed by atoms with Crippen molar-refractivity contribution in [2.75, 3.05) is 7.11 Å². The van der Waals surface area contributed by atoms with Crippen molar-refractivity contribution in [3.05, 3.63) is 42.2 Å².